The van der Waals surface area contributed by atoms with E-state index in [2.05, 4.69) is 32.9 Å². The highest BCUT2D eigenvalue weighted by atomic mass is 16.3. The van der Waals surface area contributed by atoms with E-state index in [9.17, 15) is 15.2 Å². The Hall–Kier alpha value is -4.37. The molecule has 0 saturated heterocycles. The summed E-state index contributed by atoms with van der Waals surface area (Å²) in [4.78, 5) is 16.7. The number of amides is 1. The van der Waals surface area contributed by atoms with E-state index < -0.39 is 5.91 Å². The van der Waals surface area contributed by atoms with Crippen LogP contribution in [-0.2, 0) is 4.79 Å². The molecule has 3 aromatic rings. The number of benzene rings is 2. The second-order valence-corrected chi connectivity index (χ2v) is 8.13. The van der Waals surface area contributed by atoms with Gasteiger partial charge in [-0.05, 0) is 43.7 Å². The molecule has 1 heterocycles. The van der Waals surface area contributed by atoms with Gasteiger partial charge in [0.2, 0.25) is 5.91 Å². The second-order valence-electron chi connectivity index (χ2n) is 8.13. The number of pyridine rings is 1. The smallest absolute Gasteiger partial charge is 0.248 e. The molecule has 0 saturated carbocycles. The third kappa shape index (κ3) is 7.31. The Kier molecular flexibility index (Phi) is 9.84. The Bertz CT molecular complexity index is 1320. The van der Waals surface area contributed by atoms with Gasteiger partial charge in [-0.1, -0.05) is 30.9 Å². The van der Waals surface area contributed by atoms with Crippen molar-refractivity contribution >= 4 is 33.9 Å². The number of aromatic nitrogens is 1. The summed E-state index contributed by atoms with van der Waals surface area (Å²) >= 11 is 0. The average Bonchev–Trinajstić information content (AvgIpc) is 2.88. The molecule has 0 bridgehead atoms. The second kappa shape index (κ2) is 13.5. The maximum atomic E-state index is 12.4. The van der Waals surface area contributed by atoms with Crippen molar-refractivity contribution in [1.29, 1.82) is 5.26 Å². The van der Waals surface area contributed by atoms with Crippen LogP contribution in [-0.4, -0.2) is 40.8 Å². The summed E-state index contributed by atoms with van der Waals surface area (Å²) in [5.41, 5.74) is 2.83. The van der Waals surface area contributed by atoms with Gasteiger partial charge in [-0.3, -0.25) is 9.78 Å². The zero-order valence-corrected chi connectivity index (χ0v) is 19.9. The van der Waals surface area contributed by atoms with Crippen molar-refractivity contribution < 1.29 is 15.0 Å². The van der Waals surface area contributed by atoms with E-state index in [1.165, 1.54) is 18.3 Å². The minimum Gasteiger partial charge on any atom is -0.506 e. The van der Waals surface area contributed by atoms with Crippen LogP contribution in [0.3, 0.4) is 0 Å². The number of aliphatic hydroxyl groups is 1. The van der Waals surface area contributed by atoms with Gasteiger partial charge in [0.15, 0.2) is 0 Å². The van der Waals surface area contributed by atoms with Crippen LogP contribution in [0.25, 0.3) is 10.9 Å². The third-order valence-corrected chi connectivity index (χ3v) is 5.46. The first-order chi connectivity index (χ1) is 17.5. The van der Waals surface area contributed by atoms with E-state index in [1.54, 1.807) is 24.3 Å². The predicted molar refractivity (Wildman–Crippen MR) is 142 cm³/mol. The number of aromatic hydroxyl groups is 1. The molecular formula is C28H29N5O3. The lowest BCUT2D eigenvalue weighted by Gasteiger charge is -2.14. The van der Waals surface area contributed by atoms with Gasteiger partial charge in [0.25, 0.3) is 0 Å². The van der Waals surface area contributed by atoms with E-state index in [-0.39, 0.29) is 18.0 Å². The van der Waals surface area contributed by atoms with Gasteiger partial charge >= 0.3 is 0 Å². The minimum absolute atomic E-state index is 0.136. The van der Waals surface area contributed by atoms with Crippen LogP contribution in [0, 0.1) is 23.7 Å². The number of nitrogens with one attached hydrogen (secondary N) is 3. The number of terminal acetylenes is 1. The van der Waals surface area contributed by atoms with E-state index >= 15 is 0 Å². The van der Waals surface area contributed by atoms with Crippen LogP contribution >= 0.6 is 0 Å². The molecule has 184 valence electrons. The van der Waals surface area contributed by atoms with Gasteiger partial charge in [0, 0.05) is 48.1 Å². The molecule has 0 radical (unpaired) electrons. The average molecular weight is 484 g/mol. The lowest BCUT2D eigenvalue weighted by Crippen LogP contribution is -2.16. The number of carbonyl (C=O) groups is 1. The number of phenols is 1. The lowest BCUT2D eigenvalue weighted by molar-refractivity contribution is -0.111. The van der Waals surface area contributed by atoms with Crippen molar-refractivity contribution in [2.24, 2.45) is 0 Å². The molecule has 5 N–H and O–H groups in total. The van der Waals surface area contributed by atoms with Gasteiger partial charge in [-0.25, -0.2) is 0 Å². The van der Waals surface area contributed by atoms with Gasteiger partial charge < -0.3 is 26.2 Å². The van der Waals surface area contributed by atoms with Crippen molar-refractivity contribution in [2.75, 3.05) is 30.3 Å². The molecule has 8 nitrogen and oxygen atoms in total. The van der Waals surface area contributed by atoms with E-state index in [1.807, 2.05) is 12.1 Å². The number of aliphatic hydroxyl groups excluding tert-OH is 1. The molecule has 0 atom stereocenters. The van der Waals surface area contributed by atoms with Crippen molar-refractivity contribution in [3.05, 3.63) is 65.9 Å². The third-order valence-electron chi connectivity index (χ3n) is 5.46. The number of carbonyl (C=O) groups excluding carboxylic acids is 1. The van der Waals surface area contributed by atoms with Gasteiger partial charge in [0.05, 0.1) is 22.5 Å². The molecule has 1 aromatic heterocycles. The molecule has 0 aliphatic rings. The SMILES string of the molecule is C#Cc1cccc(Nc2c(C#N)cnc3cc(O)c(NC(=O)/C=C/CNCCCCCCO)cc23)c1. The summed E-state index contributed by atoms with van der Waals surface area (Å²) in [5.74, 6) is 2.05. The van der Waals surface area contributed by atoms with Crippen LogP contribution in [0.4, 0.5) is 17.1 Å². The normalized spacial score (nSPS) is 10.8. The van der Waals surface area contributed by atoms with E-state index in [0.717, 1.165) is 32.2 Å². The van der Waals surface area contributed by atoms with Crippen LogP contribution < -0.4 is 16.0 Å². The first-order valence-electron chi connectivity index (χ1n) is 11.7. The number of rotatable bonds is 12. The highest BCUT2D eigenvalue weighted by molar-refractivity contribution is 6.04. The molecular weight excluding hydrogens is 454 g/mol. The molecule has 0 fully saturated rings. The number of phenolic OH excluding ortho intramolecular Hbond substituents is 1. The number of hydrogen-bond donors (Lipinski definition) is 5. The van der Waals surface area contributed by atoms with Crippen LogP contribution in [0.15, 0.2) is 54.7 Å². The number of nitrogens with zero attached hydrogens (tertiary/aromatic N) is 2. The number of fused-ring (bicyclic) bond motifs is 1. The summed E-state index contributed by atoms with van der Waals surface area (Å²) in [7, 11) is 0. The molecule has 36 heavy (non-hydrogen) atoms. The van der Waals surface area contributed by atoms with Crippen LogP contribution in [0.2, 0.25) is 0 Å². The molecule has 0 spiro atoms. The zero-order chi connectivity index (χ0) is 25.8. The minimum atomic E-state index is -0.393. The lowest BCUT2D eigenvalue weighted by atomic mass is 10.1. The monoisotopic (exact) mass is 483 g/mol. The quantitative estimate of drug-likeness (QED) is 0.113. The highest BCUT2D eigenvalue weighted by Gasteiger charge is 2.14. The fourth-order valence-electron chi connectivity index (χ4n) is 3.62. The summed E-state index contributed by atoms with van der Waals surface area (Å²) in [5, 5.41) is 38.6. The molecule has 3 rings (SSSR count). The Morgan fingerprint density at radius 1 is 1.17 bits per heavy atom. The summed E-state index contributed by atoms with van der Waals surface area (Å²) < 4.78 is 0. The largest absolute Gasteiger partial charge is 0.506 e. The highest BCUT2D eigenvalue weighted by Crippen LogP contribution is 2.35. The van der Waals surface area contributed by atoms with Gasteiger partial charge in [-0.15, -0.1) is 6.42 Å². The number of nitriles is 1. The van der Waals surface area contributed by atoms with Crippen molar-refractivity contribution in [3.8, 4) is 24.2 Å². The summed E-state index contributed by atoms with van der Waals surface area (Å²) in [6, 6.07) is 12.4. The summed E-state index contributed by atoms with van der Waals surface area (Å²) in [6.45, 7) is 1.60. The molecule has 2 aromatic carbocycles. The topological polar surface area (TPSA) is 130 Å². The van der Waals surface area contributed by atoms with Gasteiger partial charge in [-0.2, -0.15) is 5.26 Å². The number of hydrogen-bond acceptors (Lipinski definition) is 7. The summed E-state index contributed by atoms with van der Waals surface area (Å²) in [6.07, 6.45) is 13.9. The number of unbranched alkanes of at least 4 members (excludes halogenated alkanes) is 3. The molecule has 8 heteroatoms. The van der Waals surface area contributed by atoms with Gasteiger partial charge in [0.1, 0.15) is 11.8 Å². The molecule has 1 amide bonds. The van der Waals surface area contributed by atoms with E-state index in [4.69, 9.17) is 11.5 Å². The van der Waals surface area contributed by atoms with Crippen molar-refractivity contribution in [1.82, 2.24) is 10.3 Å². The standard InChI is InChI=1S/C28H29N5O3/c1-2-20-9-7-10-22(15-20)32-28-21(18-29)19-31-24-17-26(35)25(16-23(24)28)33-27(36)11-8-13-30-12-5-3-4-6-14-34/h1,7-11,15-17,19,30,34-35H,3-6,12-14H2,(H,31,32)(H,33,36)/b11-8+. The van der Waals surface area contributed by atoms with Crippen LogP contribution in [0.5, 0.6) is 5.75 Å². The first-order valence-corrected chi connectivity index (χ1v) is 11.7. The first kappa shape index (κ1) is 26.2. The van der Waals surface area contributed by atoms with Crippen molar-refractivity contribution in [2.45, 2.75) is 25.7 Å². The predicted octanol–water partition coefficient (Wildman–Crippen LogP) is 4.17. The van der Waals surface area contributed by atoms with E-state index in [0.29, 0.717) is 39.9 Å². The maximum absolute atomic E-state index is 12.4. The van der Waals surface area contributed by atoms with Crippen molar-refractivity contribution in [3.63, 3.8) is 0 Å². The Morgan fingerprint density at radius 3 is 2.78 bits per heavy atom. The van der Waals surface area contributed by atoms with Crippen LogP contribution in [0.1, 0.15) is 36.8 Å². The fourth-order valence-corrected chi connectivity index (χ4v) is 3.62. The fraction of sp³-hybridized carbons (Fsp3) is 0.250. The Balaban J connectivity index is 1.72. The molecule has 0 aliphatic heterocycles. The molecule has 0 unspecified atom stereocenters. The Labute approximate surface area is 210 Å². The number of anilines is 3. The maximum Gasteiger partial charge on any atom is 0.248 e. The molecule has 0 aliphatic carbocycles. The Morgan fingerprint density at radius 2 is 2.00 bits per heavy atom. The zero-order valence-electron chi connectivity index (χ0n) is 19.9.